The van der Waals surface area contributed by atoms with Crippen molar-refractivity contribution in [2.24, 2.45) is 10.7 Å². The van der Waals surface area contributed by atoms with Crippen molar-refractivity contribution in [3.63, 3.8) is 0 Å². The highest BCUT2D eigenvalue weighted by atomic mass is 15.0. The van der Waals surface area contributed by atoms with Crippen LogP contribution in [0, 0.1) is 0 Å². The number of benzene rings is 9. The van der Waals surface area contributed by atoms with Gasteiger partial charge in [-0.25, -0.2) is 4.99 Å². The zero-order valence-corrected chi connectivity index (χ0v) is 30.2. The van der Waals surface area contributed by atoms with E-state index in [1.54, 1.807) is 0 Å². The Hall–Kier alpha value is -7.23. The van der Waals surface area contributed by atoms with Crippen molar-refractivity contribution in [1.29, 1.82) is 0 Å². The van der Waals surface area contributed by atoms with Crippen molar-refractivity contribution in [3.05, 3.63) is 217 Å². The third kappa shape index (κ3) is 5.93. The Morgan fingerprint density at radius 3 is 1.98 bits per heavy atom. The first-order valence-electron chi connectivity index (χ1n) is 18.8. The van der Waals surface area contributed by atoms with Gasteiger partial charge in [-0.15, -0.1) is 0 Å². The highest BCUT2D eigenvalue weighted by Crippen LogP contribution is 2.36. The number of para-hydroxylation sites is 2. The Balaban J connectivity index is 1.04. The molecule has 0 spiro atoms. The largest absolute Gasteiger partial charge is 0.383 e. The standard InChI is InChI=1S/C52H37N3/c53-52(38-12-3-1-4-13-38)54-49(30-22-35-23-31-51-48(32-35)46-18-9-10-21-50(46)55(51)42-16-5-2-6-17-42)37-26-24-36(25-27-37)43-19-11-20-44-45(43)29-28-41-33-39-14-7-8-15-40(39)34-47(41)44/h1-21,23-34H,22H2,(H2,53,54)/b49-30-. The first kappa shape index (κ1) is 32.4. The van der Waals surface area contributed by atoms with E-state index in [1.165, 1.54) is 65.3 Å². The van der Waals surface area contributed by atoms with Gasteiger partial charge in [0.1, 0.15) is 5.84 Å². The molecule has 0 aliphatic carbocycles. The predicted octanol–water partition coefficient (Wildman–Crippen LogP) is 12.9. The molecule has 0 atom stereocenters. The zero-order valence-electron chi connectivity index (χ0n) is 30.2. The molecule has 0 fully saturated rings. The van der Waals surface area contributed by atoms with Crippen LogP contribution in [-0.4, -0.2) is 10.4 Å². The van der Waals surface area contributed by atoms with Crippen molar-refractivity contribution < 1.29 is 0 Å². The number of aromatic nitrogens is 1. The number of aliphatic imine (C=N–C) groups is 1. The van der Waals surface area contributed by atoms with Gasteiger partial charge < -0.3 is 10.3 Å². The van der Waals surface area contributed by atoms with Crippen LogP contribution in [0.25, 0.3) is 76.6 Å². The molecule has 3 heteroatoms. The molecule has 9 aromatic carbocycles. The summed E-state index contributed by atoms with van der Waals surface area (Å²) in [6, 6.07) is 69.1. The van der Waals surface area contributed by atoms with Crippen molar-refractivity contribution in [2.75, 3.05) is 0 Å². The molecule has 55 heavy (non-hydrogen) atoms. The topological polar surface area (TPSA) is 43.3 Å². The summed E-state index contributed by atoms with van der Waals surface area (Å²) < 4.78 is 2.35. The lowest BCUT2D eigenvalue weighted by Crippen LogP contribution is -2.13. The summed E-state index contributed by atoms with van der Waals surface area (Å²) in [5, 5.41) is 10.0. The maximum atomic E-state index is 6.67. The van der Waals surface area contributed by atoms with Crippen LogP contribution >= 0.6 is 0 Å². The van der Waals surface area contributed by atoms with E-state index in [4.69, 9.17) is 10.7 Å². The first-order chi connectivity index (χ1) is 27.2. The van der Waals surface area contributed by atoms with Gasteiger partial charge in [0, 0.05) is 22.0 Å². The molecule has 1 heterocycles. The minimum absolute atomic E-state index is 0.491. The van der Waals surface area contributed by atoms with Crippen LogP contribution in [0.3, 0.4) is 0 Å². The average molecular weight is 704 g/mol. The fourth-order valence-electron chi connectivity index (χ4n) is 8.10. The lowest BCUT2D eigenvalue weighted by molar-refractivity contribution is 1.18. The zero-order chi connectivity index (χ0) is 36.7. The number of nitrogens with two attached hydrogens (primary N) is 1. The van der Waals surface area contributed by atoms with E-state index in [0.717, 1.165) is 28.1 Å². The van der Waals surface area contributed by atoms with Crippen LogP contribution in [-0.2, 0) is 6.42 Å². The second-order valence-electron chi connectivity index (χ2n) is 14.2. The van der Waals surface area contributed by atoms with Crippen molar-refractivity contribution in [1.82, 2.24) is 4.57 Å². The molecule has 0 bridgehead atoms. The van der Waals surface area contributed by atoms with Crippen LogP contribution < -0.4 is 5.73 Å². The van der Waals surface area contributed by atoms with E-state index in [2.05, 4.69) is 174 Å². The second kappa shape index (κ2) is 13.6. The third-order valence-electron chi connectivity index (χ3n) is 10.8. The molecule has 0 aliphatic rings. The Kier molecular flexibility index (Phi) is 8.04. The Bertz CT molecular complexity index is 3100. The fraction of sp³-hybridized carbons (Fsp3) is 0.0192. The lowest BCUT2D eigenvalue weighted by Gasteiger charge is -2.12. The van der Waals surface area contributed by atoms with E-state index < -0.39 is 0 Å². The summed E-state index contributed by atoms with van der Waals surface area (Å²) in [5.41, 5.74) is 16.6. The Morgan fingerprint density at radius 2 is 1.16 bits per heavy atom. The molecule has 10 rings (SSSR count). The monoisotopic (exact) mass is 703 g/mol. The van der Waals surface area contributed by atoms with Gasteiger partial charge in [-0.1, -0.05) is 158 Å². The predicted molar refractivity (Wildman–Crippen MR) is 234 cm³/mol. The summed E-state index contributed by atoms with van der Waals surface area (Å²) in [6.45, 7) is 0. The first-order valence-corrected chi connectivity index (χ1v) is 18.8. The molecule has 0 saturated heterocycles. The van der Waals surface area contributed by atoms with Gasteiger partial charge in [-0.2, -0.15) is 0 Å². The van der Waals surface area contributed by atoms with Crippen LogP contribution in [0.15, 0.2) is 205 Å². The van der Waals surface area contributed by atoms with Gasteiger partial charge in [0.05, 0.1) is 16.7 Å². The lowest BCUT2D eigenvalue weighted by atomic mass is 9.93. The van der Waals surface area contributed by atoms with Crippen LogP contribution in [0.4, 0.5) is 0 Å². The van der Waals surface area contributed by atoms with Crippen LogP contribution in [0.1, 0.15) is 16.7 Å². The maximum Gasteiger partial charge on any atom is 0.131 e. The van der Waals surface area contributed by atoms with Gasteiger partial charge in [0.25, 0.3) is 0 Å². The molecule has 260 valence electrons. The quantitative estimate of drug-likeness (QED) is 0.0763. The highest BCUT2D eigenvalue weighted by Gasteiger charge is 2.13. The normalized spacial score (nSPS) is 12.4. The molecule has 0 unspecified atom stereocenters. The Morgan fingerprint density at radius 1 is 0.473 bits per heavy atom. The molecular formula is C52H37N3. The molecule has 3 nitrogen and oxygen atoms in total. The SMILES string of the molecule is NC(=N/C(=C\Cc1ccc2c(c1)c1ccccc1n2-c1ccccc1)c1ccc(-c2cccc3c2ccc2cc4ccccc4cc23)cc1)c1ccccc1. The number of hydrogen-bond acceptors (Lipinski definition) is 1. The van der Waals surface area contributed by atoms with E-state index in [1.807, 2.05) is 30.3 Å². The van der Waals surface area contributed by atoms with Crippen molar-refractivity contribution >= 4 is 65.7 Å². The third-order valence-corrected chi connectivity index (χ3v) is 10.8. The fourth-order valence-corrected chi connectivity index (χ4v) is 8.10. The number of nitrogens with zero attached hydrogens (tertiary/aromatic N) is 2. The molecule has 10 aromatic rings. The highest BCUT2D eigenvalue weighted by molar-refractivity contribution is 6.15. The van der Waals surface area contributed by atoms with Gasteiger partial charge in [0.2, 0.25) is 0 Å². The Labute approximate surface area is 319 Å². The number of rotatable bonds is 7. The number of fused-ring (bicyclic) bond motifs is 7. The molecule has 0 amide bonds. The van der Waals surface area contributed by atoms with Crippen molar-refractivity contribution in [3.8, 4) is 16.8 Å². The minimum atomic E-state index is 0.491. The minimum Gasteiger partial charge on any atom is -0.383 e. The summed E-state index contributed by atoms with van der Waals surface area (Å²) in [7, 11) is 0. The number of amidine groups is 1. The molecule has 2 N–H and O–H groups in total. The van der Waals surface area contributed by atoms with E-state index in [9.17, 15) is 0 Å². The summed E-state index contributed by atoms with van der Waals surface area (Å²) in [6.07, 6.45) is 2.91. The van der Waals surface area contributed by atoms with Crippen LogP contribution in [0.5, 0.6) is 0 Å². The van der Waals surface area contributed by atoms with E-state index in [-0.39, 0.29) is 0 Å². The summed E-state index contributed by atoms with van der Waals surface area (Å²) >= 11 is 0. The molecular weight excluding hydrogens is 667 g/mol. The van der Waals surface area contributed by atoms with Gasteiger partial charge in [-0.05, 0) is 103 Å². The van der Waals surface area contributed by atoms with E-state index in [0.29, 0.717) is 12.3 Å². The van der Waals surface area contributed by atoms with Gasteiger partial charge in [0.15, 0.2) is 0 Å². The van der Waals surface area contributed by atoms with Crippen LogP contribution in [0.2, 0.25) is 0 Å². The van der Waals surface area contributed by atoms with E-state index >= 15 is 0 Å². The van der Waals surface area contributed by atoms with Gasteiger partial charge in [-0.3, -0.25) is 0 Å². The molecule has 1 aromatic heterocycles. The summed E-state index contributed by atoms with van der Waals surface area (Å²) in [4.78, 5) is 5.05. The second-order valence-corrected chi connectivity index (χ2v) is 14.2. The summed E-state index contributed by atoms with van der Waals surface area (Å²) in [5.74, 6) is 0.491. The molecule has 0 saturated carbocycles. The maximum absolute atomic E-state index is 6.67. The average Bonchev–Trinajstić information content (AvgIpc) is 3.58. The number of allylic oxidation sites excluding steroid dienone is 1. The number of hydrogen-bond donors (Lipinski definition) is 1. The van der Waals surface area contributed by atoms with Gasteiger partial charge >= 0.3 is 0 Å². The smallest absolute Gasteiger partial charge is 0.131 e. The molecule has 0 radical (unpaired) electrons. The molecule has 0 aliphatic heterocycles. The van der Waals surface area contributed by atoms with Crippen molar-refractivity contribution in [2.45, 2.75) is 6.42 Å².